The van der Waals surface area contributed by atoms with Crippen molar-refractivity contribution in [1.82, 2.24) is 15.0 Å². The lowest BCUT2D eigenvalue weighted by atomic mass is 10.3. The normalized spacial score (nSPS) is 10.7. The number of ether oxygens (including phenoxy) is 2. The summed E-state index contributed by atoms with van der Waals surface area (Å²) in [7, 11) is 0. The number of aromatic nitrogens is 3. The summed E-state index contributed by atoms with van der Waals surface area (Å²) in [6, 6.07) is 7.15. The lowest BCUT2D eigenvalue weighted by Crippen LogP contribution is -2.13. The average Bonchev–Trinajstić information content (AvgIpc) is 2.91. The van der Waals surface area contributed by atoms with Gasteiger partial charge in [0.2, 0.25) is 0 Å². The number of carboxylic acids is 1. The number of benzene rings is 1. The van der Waals surface area contributed by atoms with Gasteiger partial charge in [-0.05, 0) is 45.0 Å². The molecule has 1 aromatic heterocycles. The van der Waals surface area contributed by atoms with Gasteiger partial charge in [-0.2, -0.15) is 0 Å². The Balaban J connectivity index is 2.13. The molecule has 22 heavy (non-hydrogen) atoms. The fraction of sp³-hybridized carbons (Fsp3) is 0.400. The second-order valence-electron chi connectivity index (χ2n) is 4.92. The molecule has 0 aliphatic carbocycles. The first-order valence-corrected chi connectivity index (χ1v) is 7.06. The number of aromatic carboxylic acids is 1. The lowest BCUT2D eigenvalue weighted by Gasteiger charge is -2.12. The maximum atomic E-state index is 11.2. The summed E-state index contributed by atoms with van der Waals surface area (Å²) < 4.78 is 12.6. The highest BCUT2D eigenvalue weighted by Gasteiger charge is 2.20. The number of carbonyl (C=O) groups is 1. The van der Waals surface area contributed by atoms with Crippen molar-refractivity contribution in [1.29, 1.82) is 0 Å². The van der Waals surface area contributed by atoms with E-state index in [1.807, 2.05) is 20.8 Å². The van der Waals surface area contributed by atoms with Gasteiger partial charge in [-0.3, -0.25) is 0 Å². The minimum absolute atomic E-state index is 0.000435. The fourth-order valence-electron chi connectivity index (χ4n) is 1.98. The van der Waals surface area contributed by atoms with Gasteiger partial charge in [0.25, 0.3) is 0 Å². The Labute approximate surface area is 128 Å². The topological polar surface area (TPSA) is 86.5 Å². The monoisotopic (exact) mass is 305 g/mol. The summed E-state index contributed by atoms with van der Waals surface area (Å²) in [6.45, 7) is 6.40. The summed E-state index contributed by atoms with van der Waals surface area (Å²) in [5, 5.41) is 16.7. The van der Waals surface area contributed by atoms with Gasteiger partial charge in [0, 0.05) is 6.04 Å². The summed E-state index contributed by atoms with van der Waals surface area (Å²) >= 11 is 0. The van der Waals surface area contributed by atoms with Crippen molar-refractivity contribution >= 4 is 5.97 Å². The molecule has 1 heterocycles. The minimum Gasteiger partial charge on any atom is -0.494 e. The molecule has 0 radical (unpaired) electrons. The highest BCUT2D eigenvalue weighted by Crippen LogP contribution is 2.20. The van der Waals surface area contributed by atoms with Crippen molar-refractivity contribution in [2.75, 3.05) is 6.61 Å². The largest absolute Gasteiger partial charge is 0.494 e. The maximum absolute atomic E-state index is 11.2. The van der Waals surface area contributed by atoms with E-state index in [9.17, 15) is 4.79 Å². The van der Waals surface area contributed by atoms with Crippen LogP contribution in [0.1, 0.15) is 43.0 Å². The van der Waals surface area contributed by atoms with Crippen LogP contribution in [0.5, 0.6) is 11.5 Å². The molecule has 0 aliphatic rings. The molecular formula is C15H19N3O4. The molecular weight excluding hydrogens is 286 g/mol. The Morgan fingerprint density at radius 2 is 1.82 bits per heavy atom. The maximum Gasteiger partial charge on any atom is 0.358 e. The van der Waals surface area contributed by atoms with Gasteiger partial charge in [-0.1, -0.05) is 5.21 Å². The summed E-state index contributed by atoms with van der Waals surface area (Å²) in [5.74, 6) is 0.267. The van der Waals surface area contributed by atoms with Crippen LogP contribution in [0.4, 0.5) is 0 Å². The van der Waals surface area contributed by atoms with E-state index in [1.54, 1.807) is 28.9 Å². The van der Waals surface area contributed by atoms with Crippen LogP contribution in [-0.4, -0.2) is 32.7 Å². The molecule has 0 amide bonds. The van der Waals surface area contributed by atoms with Crippen molar-refractivity contribution in [2.24, 2.45) is 0 Å². The van der Waals surface area contributed by atoms with Crippen LogP contribution in [0.2, 0.25) is 0 Å². The van der Waals surface area contributed by atoms with Crippen molar-refractivity contribution in [3.8, 4) is 11.5 Å². The average molecular weight is 305 g/mol. The molecule has 0 unspecified atom stereocenters. The number of rotatable bonds is 7. The molecule has 2 rings (SSSR count). The predicted molar refractivity (Wildman–Crippen MR) is 79.3 cm³/mol. The van der Waals surface area contributed by atoms with E-state index in [4.69, 9.17) is 14.6 Å². The van der Waals surface area contributed by atoms with Crippen LogP contribution in [0.25, 0.3) is 0 Å². The second-order valence-corrected chi connectivity index (χ2v) is 4.92. The van der Waals surface area contributed by atoms with E-state index in [2.05, 4.69) is 10.3 Å². The van der Waals surface area contributed by atoms with E-state index >= 15 is 0 Å². The molecule has 7 nitrogen and oxygen atoms in total. The minimum atomic E-state index is -1.11. The molecule has 1 N–H and O–H groups in total. The molecule has 118 valence electrons. The summed E-state index contributed by atoms with van der Waals surface area (Å²) in [6.07, 6.45) is 0. The number of hydrogen-bond acceptors (Lipinski definition) is 5. The first-order chi connectivity index (χ1) is 10.5. The van der Waals surface area contributed by atoms with Crippen molar-refractivity contribution in [3.05, 3.63) is 35.7 Å². The lowest BCUT2D eigenvalue weighted by molar-refractivity contribution is 0.0687. The van der Waals surface area contributed by atoms with Gasteiger partial charge in [0.15, 0.2) is 5.69 Å². The molecule has 0 bridgehead atoms. The zero-order valence-electron chi connectivity index (χ0n) is 12.8. The zero-order chi connectivity index (χ0) is 16.1. The molecule has 0 saturated carbocycles. The van der Waals surface area contributed by atoms with Gasteiger partial charge in [0.05, 0.1) is 6.61 Å². The van der Waals surface area contributed by atoms with Gasteiger partial charge < -0.3 is 14.6 Å². The highest BCUT2D eigenvalue weighted by atomic mass is 16.5. The van der Waals surface area contributed by atoms with Crippen molar-refractivity contribution in [3.63, 3.8) is 0 Å². The van der Waals surface area contributed by atoms with Crippen LogP contribution < -0.4 is 9.47 Å². The van der Waals surface area contributed by atoms with Crippen LogP contribution in [0.15, 0.2) is 24.3 Å². The van der Waals surface area contributed by atoms with E-state index in [0.29, 0.717) is 18.1 Å². The number of nitrogens with zero attached hydrogens (tertiary/aromatic N) is 3. The number of carboxylic acid groups (broad SMARTS) is 1. The van der Waals surface area contributed by atoms with Crippen LogP contribution in [0.3, 0.4) is 0 Å². The standard InChI is InChI=1S/C15H19N3O4/c1-4-21-11-5-7-12(8-6-11)22-9-13-14(15(19)20)16-17-18(13)10(2)3/h5-8,10H,4,9H2,1-3H3,(H,19,20). The van der Waals surface area contributed by atoms with Crippen molar-refractivity contribution in [2.45, 2.75) is 33.4 Å². The van der Waals surface area contributed by atoms with Crippen LogP contribution >= 0.6 is 0 Å². The molecule has 7 heteroatoms. The Morgan fingerprint density at radius 3 is 2.32 bits per heavy atom. The second kappa shape index (κ2) is 6.93. The molecule has 1 aromatic carbocycles. The Bertz CT molecular complexity index is 635. The van der Waals surface area contributed by atoms with Crippen LogP contribution in [-0.2, 0) is 6.61 Å². The Kier molecular flexibility index (Phi) is 4.98. The Morgan fingerprint density at radius 1 is 1.23 bits per heavy atom. The quantitative estimate of drug-likeness (QED) is 0.846. The van der Waals surface area contributed by atoms with Gasteiger partial charge in [-0.15, -0.1) is 5.10 Å². The summed E-state index contributed by atoms with van der Waals surface area (Å²) in [5.41, 5.74) is 0.357. The summed E-state index contributed by atoms with van der Waals surface area (Å²) in [4.78, 5) is 11.2. The molecule has 2 aromatic rings. The van der Waals surface area contributed by atoms with E-state index in [1.165, 1.54) is 0 Å². The number of hydrogen-bond donors (Lipinski definition) is 1. The van der Waals surface area contributed by atoms with Gasteiger partial charge in [0.1, 0.15) is 23.8 Å². The third-order valence-electron chi connectivity index (χ3n) is 2.99. The molecule has 0 aliphatic heterocycles. The first kappa shape index (κ1) is 15.8. The fourth-order valence-corrected chi connectivity index (χ4v) is 1.98. The van der Waals surface area contributed by atoms with E-state index < -0.39 is 5.97 Å². The first-order valence-electron chi connectivity index (χ1n) is 7.06. The zero-order valence-corrected chi connectivity index (χ0v) is 12.8. The van der Waals surface area contributed by atoms with E-state index in [0.717, 1.165) is 5.75 Å². The van der Waals surface area contributed by atoms with Gasteiger partial charge in [-0.25, -0.2) is 9.48 Å². The molecule has 0 spiro atoms. The molecule has 0 atom stereocenters. The SMILES string of the molecule is CCOc1ccc(OCc2c(C(=O)O)nnn2C(C)C)cc1. The predicted octanol–water partition coefficient (Wildman–Crippen LogP) is 2.53. The smallest absolute Gasteiger partial charge is 0.358 e. The van der Waals surface area contributed by atoms with E-state index in [-0.39, 0.29) is 18.3 Å². The van der Waals surface area contributed by atoms with Crippen LogP contribution in [0, 0.1) is 0 Å². The van der Waals surface area contributed by atoms with Gasteiger partial charge >= 0.3 is 5.97 Å². The van der Waals surface area contributed by atoms with Crippen molar-refractivity contribution < 1.29 is 19.4 Å². The molecule has 0 fully saturated rings. The third kappa shape index (κ3) is 3.55. The highest BCUT2D eigenvalue weighted by molar-refractivity contribution is 5.86. The third-order valence-corrected chi connectivity index (χ3v) is 2.99. The Hall–Kier alpha value is -2.57. The molecule has 0 saturated heterocycles.